The molecule has 0 heterocycles. The van der Waals surface area contributed by atoms with Crippen molar-refractivity contribution in [2.24, 2.45) is 0 Å². The van der Waals surface area contributed by atoms with Gasteiger partial charge in [-0.3, -0.25) is 4.79 Å². The third-order valence-electron chi connectivity index (χ3n) is 1.94. The molecule has 18 heavy (non-hydrogen) atoms. The van der Waals surface area contributed by atoms with Crippen molar-refractivity contribution in [3.8, 4) is 5.75 Å². The first-order valence-electron chi connectivity index (χ1n) is 4.59. The maximum absolute atomic E-state index is 12.7. The van der Waals surface area contributed by atoms with E-state index in [1.807, 2.05) is 0 Å². The molecule has 1 amide bonds. The summed E-state index contributed by atoms with van der Waals surface area (Å²) >= 11 is 3.06. The van der Waals surface area contributed by atoms with Gasteiger partial charge in [0.2, 0.25) is 0 Å². The molecule has 8 heteroatoms. The molecule has 1 aromatic carbocycles. The van der Waals surface area contributed by atoms with Gasteiger partial charge in [-0.2, -0.15) is 8.78 Å². The van der Waals surface area contributed by atoms with Gasteiger partial charge < -0.3 is 10.1 Å². The molecule has 0 unspecified atom stereocenters. The van der Waals surface area contributed by atoms with Crippen LogP contribution >= 0.6 is 15.9 Å². The molecule has 1 aromatic rings. The summed E-state index contributed by atoms with van der Waals surface area (Å²) in [5.74, 6) is -6.53. The zero-order chi connectivity index (χ0) is 13.9. The van der Waals surface area contributed by atoms with Crippen LogP contribution in [0, 0.1) is 0 Å². The molecule has 1 N–H and O–H groups in total. The Bertz CT molecular complexity index is 454. The SMILES string of the molecule is COc1cc(Br)cc(NC(=O)C(F)(F)C(F)F)c1. The minimum Gasteiger partial charge on any atom is -0.497 e. The second-order valence-corrected chi connectivity index (χ2v) is 4.17. The quantitative estimate of drug-likeness (QED) is 0.861. The summed E-state index contributed by atoms with van der Waals surface area (Å²) in [5, 5.41) is 1.70. The van der Waals surface area contributed by atoms with Crippen LogP contribution in [0.4, 0.5) is 23.2 Å². The molecule has 0 spiro atoms. The lowest BCUT2D eigenvalue weighted by Gasteiger charge is -2.15. The van der Waals surface area contributed by atoms with Crippen LogP contribution in [0.5, 0.6) is 5.75 Å². The lowest BCUT2D eigenvalue weighted by atomic mass is 10.2. The van der Waals surface area contributed by atoms with Crippen molar-refractivity contribution in [3.05, 3.63) is 22.7 Å². The van der Waals surface area contributed by atoms with E-state index in [4.69, 9.17) is 4.74 Å². The van der Waals surface area contributed by atoms with Crippen molar-refractivity contribution in [1.82, 2.24) is 0 Å². The summed E-state index contributed by atoms with van der Waals surface area (Å²) in [6.45, 7) is 0. The van der Waals surface area contributed by atoms with Crippen molar-refractivity contribution in [1.29, 1.82) is 0 Å². The highest BCUT2D eigenvalue weighted by atomic mass is 79.9. The smallest absolute Gasteiger partial charge is 0.383 e. The monoisotopic (exact) mass is 329 g/mol. The minimum absolute atomic E-state index is 0.0773. The number of anilines is 1. The molecular weight excluding hydrogens is 322 g/mol. The zero-order valence-electron chi connectivity index (χ0n) is 9.02. The third-order valence-corrected chi connectivity index (χ3v) is 2.40. The van der Waals surface area contributed by atoms with Gasteiger partial charge in [0.15, 0.2) is 0 Å². The van der Waals surface area contributed by atoms with Crippen LogP contribution in [0.15, 0.2) is 22.7 Å². The van der Waals surface area contributed by atoms with E-state index in [-0.39, 0.29) is 11.4 Å². The van der Waals surface area contributed by atoms with E-state index in [0.29, 0.717) is 4.47 Å². The molecule has 0 aromatic heterocycles. The van der Waals surface area contributed by atoms with Crippen molar-refractivity contribution < 1.29 is 27.1 Å². The number of benzene rings is 1. The summed E-state index contributed by atoms with van der Waals surface area (Å²) in [4.78, 5) is 11.0. The van der Waals surface area contributed by atoms with Crippen LogP contribution in [-0.4, -0.2) is 25.4 Å². The van der Waals surface area contributed by atoms with Gasteiger partial charge in [-0.25, -0.2) is 8.78 Å². The number of carbonyl (C=O) groups is 1. The van der Waals surface area contributed by atoms with Gasteiger partial charge in [0, 0.05) is 16.2 Å². The number of amides is 1. The Morgan fingerprint density at radius 3 is 2.50 bits per heavy atom. The standard InChI is InChI=1S/C10H8BrF4NO2/c1-18-7-3-5(11)2-6(4-7)16-9(17)10(14,15)8(12)13/h2-4,8H,1H3,(H,16,17). The molecule has 0 radical (unpaired) electrons. The van der Waals surface area contributed by atoms with Crippen LogP contribution in [-0.2, 0) is 4.79 Å². The fraction of sp³-hybridized carbons (Fsp3) is 0.300. The Balaban J connectivity index is 2.91. The van der Waals surface area contributed by atoms with Crippen molar-refractivity contribution in [2.45, 2.75) is 12.3 Å². The summed E-state index contributed by atoms with van der Waals surface area (Å²) in [5.41, 5.74) is -0.0773. The highest BCUT2D eigenvalue weighted by Gasteiger charge is 2.48. The number of methoxy groups -OCH3 is 1. The lowest BCUT2D eigenvalue weighted by Crippen LogP contribution is -2.40. The van der Waals surface area contributed by atoms with Crippen LogP contribution in [0.25, 0.3) is 0 Å². The minimum atomic E-state index is -4.74. The molecule has 0 saturated carbocycles. The molecular formula is C10H8BrF4NO2. The van der Waals surface area contributed by atoms with Gasteiger partial charge in [0.05, 0.1) is 7.11 Å². The molecule has 0 aliphatic heterocycles. The Morgan fingerprint density at radius 2 is 2.00 bits per heavy atom. The van der Waals surface area contributed by atoms with E-state index in [1.54, 1.807) is 5.32 Å². The first kappa shape index (κ1) is 14.7. The number of hydrogen-bond donors (Lipinski definition) is 1. The van der Waals surface area contributed by atoms with Gasteiger partial charge >= 0.3 is 18.3 Å². The first-order chi connectivity index (χ1) is 8.27. The van der Waals surface area contributed by atoms with E-state index in [9.17, 15) is 22.4 Å². The van der Waals surface area contributed by atoms with Crippen molar-refractivity contribution in [2.75, 3.05) is 12.4 Å². The fourth-order valence-corrected chi connectivity index (χ4v) is 1.54. The maximum Gasteiger partial charge on any atom is 0.383 e. The predicted octanol–water partition coefficient (Wildman–Crippen LogP) is 3.30. The third kappa shape index (κ3) is 3.34. The topological polar surface area (TPSA) is 38.3 Å². The number of alkyl halides is 4. The van der Waals surface area contributed by atoms with E-state index in [0.717, 1.165) is 0 Å². The van der Waals surface area contributed by atoms with Gasteiger partial charge in [-0.15, -0.1) is 0 Å². The summed E-state index contributed by atoms with van der Waals surface area (Å²) in [7, 11) is 1.33. The molecule has 1 rings (SSSR count). The number of nitrogens with one attached hydrogen (secondary N) is 1. The Hall–Kier alpha value is -1.31. The van der Waals surface area contributed by atoms with E-state index in [1.165, 1.54) is 25.3 Å². The van der Waals surface area contributed by atoms with Gasteiger partial charge in [-0.1, -0.05) is 15.9 Å². The van der Waals surface area contributed by atoms with Gasteiger partial charge in [-0.05, 0) is 12.1 Å². The average molecular weight is 330 g/mol. The zero-order valence-corrected chi connectivity index (χ0v) is 10.6. The van der Waals surface area contributed by atoms with Crippen LogP contribution in [0.2, 0.25) is 0 Å². The highest BCUT2D eigenvalue weighted by molar-refractivity contribution is 9.10. The molecule has 3 nitrogen and oxygen atoms in total. The Labute approximate surface area is 108 Å². The number of ether oxygens (including phenoxy) is 1. The Morgan fingerprint density at radius 1 is 1.39 bits per heavy atom. The van der Waals surface area contributed by atoms with Crippen molar-refractivity contribution >= 4 is 27.5 Å². The molecule has 0 fully saturated rings. The molecule has 0 bridgehead atoms. The molecule has 0 aliphatic carbocycles. The molecule has 0 atom stereocenters. The molecule has 0 saturated heterocycles. The summed E-state index contributed by atoms with van der Waals surface area (Å²) in [6.07, 6.45) is -4.06. The molecule has 0 aliphatic rings. The van der Waals surface area contributed by atoms with E-state index >= 15 is 0 Å². The highest BCUT2D eigenvalue weighted by Crippen LogP contribution is 2.28. The number of rotatable bonds is 4. The second kappa shape index (κ2) is 5.55. The summed E-state index contributed by atoms with van der Waals surface area (Å²) < 4.78 is 54.6. The van der Waals surface area contributed by atoms with E-state index in [2.05, 4.69) is 15.9 Å². The van der Waals surface area contributed by atoms with Crippen LogP contribution in [0.3, 0.4) is 0 Å². The van der Waals surface area contributed by atoms with E-state index < -0.39 is 18.3 Å². The second-order valence-electron chi connectivity index (χ2n) is 3.26. The predicted molar refractivity (Wildman–Crippen MR) is 60.3 cm³/mol. The summed E-state index contributed by atoms with van der Waals surface area (Å²) in [6, 6.07) is 4.02. The van der Waals surface area contributed by atoms with Crippen LogP contribution < -0.4 is 10.1 Å². The first-order valence-corrected chi connectivity index (χ1v) is 5.38. The lowest BCUT2D eigenvalue weighted by molar-refractivity contribution is -0.163. The Kier molecular flexibility index (Phi) is 4.55. The van der Waals surface area contributed by atoms with Gasteiger partial charge in [0.1, 0.15) is 5.75 Å². The largest absolute Gasteiger partial charge is 0.497 e. The van der Waals surface area contributed by atoms with Crippen molar-refractivity contribution in [3.63, 3.8) is 0 Å². The number of halogens is 5. The fourth-order valence-electron chi connectivity index (χ4n) is 1.07. The maximum atomic E-state index is 12.7. The van der Waals surface area contributed by atoms with Crippen LogP contribution in [0.1, 0.15) is 0 Å². The number of carbonyl (C=O) groups excluding carboxylic acids is 1. The molecule has 100 valence electrons. The normalized spacial score (nSPS) is 11.5. The van der Waals surface area contributed by atoms with Gasteiger partial charge in [0.25, 0.3) is 0 Å². The number of hydrogen-bond acceptors (Lipinski definition) is 2. The average Bonchev–Trinajstić information content (AvgIpc) is 2.27.